The standard InChI is InChI=1S/C23H25N3O5S/c1-15-7-5-9-18(13-15)24-22(27)16(2)31-23(28)17-8-6-12-26(14-17)21-19-10-3-4-11-20(19)32(29,30)25-21/h3-5,7,9-11,13,16-17H,6,8,12,14H2,1-2H3,(H,24,27). The van der Waals surface area contributed by atoms with Crippen LogP contribution in [0.25, 0.3) is 0 Å². The Hall–Kier alpha value is -3.20. The number of anilines is 1. The van der Waals surface area contributed by atoms with Gasteiger partial charge in [0.05, 0.1) is 5.92 Å². The van der Waals surface area contributed by atoms with E-state index in [1.807, 2.05) is 30.0 Å². The number of carbonyl (C=O) groups is 2. The highest BCUT2D eigenvalue weighted by molar-refractivity contribution is 7.90. The van der Waals surface area contributed by atoms with Crippen LogP contribution in [-0.4, -0.2) is 50.2 Å². The molecule has 32 heavy (non-hydrogen) atoms. The summed E-state index contributed by atoms with van der Waals surface area (Å²) in [6.07, 6.45) is 0.331. The van der Waals surface area contributed by atoms with Crippen molar-refractivity contribution in [3.63, 3.8) is 0 Å². The number of aryl methyl sites for hydroxylation is 1. The predicted molar refractivity (Wildman–Crippen MR) is 120 cm³/mol. The molecule has 1 amide bonds. The van der Waals surface area contributed by atoms with Gasteiger partial charge in [0, 0.05) is 24.3 Å². The summed E-state index contributed by atoms with van der Waals surface area (Å²) < 4.78 is 34.1. The Morgan fingerprint density at radius 2 is 1.97 bits per heavy atom. The number of sulfonamides is 1. The van der Waals surface area contributed by atoms with E-state index in [4.69, 9.17) is 4.74 Å². The van der Waals surface area contributed by atoms with Gasteiger partial charge in [-0.25, -0.2) is 0 Å². The Morgan fingerprint density at radius 3 is 2.75 bits per heavy atom. The maximum Gasteiger partial charge on any atom is 0.311 e. The summed E-state index contributed by atoms with van der Waals surface area (Å²) in [6.45, 7) is 4.34. The first-order chi connectivity index (χ1) is 15.2. The van der Waals surface area contributed by atoms with Gasteiger partial charge in [0.1, 0.15) is 4.90 Å². The zero-order valence-electron chi connectivity index (χ0n) is 17.9. The Morgan fingerprint density at radius 1 is 1.19 bits per heavy atom. The van der Waals surface area contributed by atoms with E-state index >= 15 is 0 Å². The quantitative estimate of drug-likeness (QED) is 0.711. The first-order valence-corrected chi connectivity index (χ1v) is 12.0. The smallest absolute Gasteiger partial charge is 0.311 e. The number of esters is 1. The third kappa shape index (κ3) is 4.52. The van der Waals surface area contributed by atoms with Crippen LogP contribution in [-0.2, 0) is 24.3 Å². The highest BCUT2D eigenvalue weighted by Gasteiger charge is 2.36. The molecule has 2 atom stereocenters. The molecular weight excluding hydrogens is 430 g/mol. The molecule has 2 heterocycles. The van der Waals surface area contributed by atoms with Gasteiger partial charge in [-0.3, -0.25) is 9.59 Å². The van der Waals surface area contributed by atoms with Crippen LogP contribution in [0.2, 0.25) is 0 Å². The molecule has 4 rings (SSSR count). The molecule has 0 spiro atoms. The average Bonchev–Trinajstić information content (AvgIpc) is 3.05. The minimum atomic E-state index is -3.73. The normalized spacial score (nSPS) is 20.1. The summed E-state index contributed by atoms with van der Waals surface area (Å²) in [7, 11) is -3.73. The van der Waals surface area contributed by atoms with E-state index in [0.717, 1.165) is 5.56 Å². The molecule has 168 valence electrons. The van der Waals surface area contributed by atoms with Crippen molar-refractivity contribution in [2.45, 2.75) is 37.7 Å². The van der Waals surface area contributed by atoms with Gasteiger partial charge in [-0.05, 0) is 56.5 Å². The summed E-state index contributed by atoms with van der Waals surface area (Å²) in [4.78, 5) is 27.2. The molecule has 2 unspecified atom stereocenters. The van der Waals surface area contributed by atoms with Gasteiger partial charge in [0.15, 0.2) is 11.9 Å². The van der Waals surface area contributed by atoms with Crippen molar-refractivity contribution in [2.75, 3.05) is 18.4 Å². The Balaban J connectivity index is 1.40. The number of hydrogen-bond acceptors (Lipinski definition) is 6. The number of rotatable bonds is 4. The topological polar surface area (TPSA) is 105 Å². The number of amides is 1. The molecular formula is C23H25N3O5S. The van der Waals surface area contributed by atoms with Crippen LogP contribution >= 0.6 is 0 Å². The Bertz CT molecular complexity index is 1190. The molecule has 1 N–H and O–H groups in total. The molecule has 8 nitrogen and oxygen atoms in total. The number of likely N-dealkylation sites (tertiary alicyclic amines) is 1. The van der Waals surface area contributed by atoms with Crippen LogP contribution < -0.4 is 5.32 Å². The van der Waals surface area contributed by atoms with E-state index in [9.17, 15) is 18.0 Å². The van der Waals surface area contributed by atoms with E-state index in [1.165, 1.54) is 13.0 Å². The molecule has 0 bridgehead atoms. The molecule has 0 saturated carbocycles. The summed E-state index contributed by atoms with van der Waals surface area (Å²) in [5.74, 6) is -0.993. The number of nitrogens with one attached hydrogen (secondary N) is 1. The number of benzene rings is 2. The number of nitrogens with zero attached hydrogens (tertiary/aromatic N) is 2. The molecule has 1 saturated heterocycles. The van der Waals surface area contributed by atoms with Crippen LogP contribution in [0.3, 0.4) is 0 Å². The van der Waals surface area contributed by atoms with Gasteiger partial charge in [-0.15, -0.1) is 4.40 Å². The van der Waals surface area contributed by atoms with Gasteiger partial charge in [-0.2, -0.15) is 8.42 Å². The minimum absolute atomic E-state index is 0.182. The lowest BCUT2D eigenvalue weighted by atomic mass is 9.97. The lowest BCUT2D eigenvalue weighted by molar-refractivity contribution is -0.158. The predicted octanol–water partition coefficient (Wildman–Crippen LogP) is 2.73. The van der Waals surface area contributed by atoms with Crippen molar-refractivity contribution in [3.8, 4) is 0 Å². The number of ether oxygens (including phenoxy) is 1. The lowest BCUT2D eigenvalue weighted by Crippen LogP contribution is -2.44. The molecule has 2 aromatic rings. The van der Waals surface area contributed by atoms with Gasteiger partial charge in [0.25, 0.3) is 15.9 Å². The number of amidine groups is 1. The molecule has 1 fully saturated rings. The van der Waals surface area contributed by atoms with E-state index in [1.54, 1.807) is 24.3 Å². The number of hydrogen-bond donors (Lipinski definition) is 1. The van der Waals surface area contributed by atoms with Gasteiger partial charge >= 0.3 is 5.97 Å². The fraction of sp³-hybridized carbons (Fsp3) is 0.348. The average molecular weight is 456 g/mol. The van der Waals surface area contributed by atoms with Crippen molar-refractivity contribution in [1.82, 2.24) is 4.90 Å². The van der Waals surface area contributed by atoms with Crippen molar-refractivity contribution >= 4 is 33.4 Å². The Kier molecular flexibility index (Phi) is 6.01. The van der Waals surface area contributed by atoms with Crippen molar-refractivity contribution in [1.29, 1.82) is 0 Å². The summed E-state index contributed by atoms with van der Waals surface area (Å²) in [5.41, 5.74) is 2.20. The zero-order chi connectivity index (χ0) is 22.9. The molecule has 2 aromatic carbocycles. The third-order valence-electron chi connectivity index (χ3n) is 5.61. The first-order valence-electron chi connectivity index (χ1n) is 10.5. The monoisotopic (exact) mass is 455 g/mol. The first kappa shape index (κ1) is 22.0. The summed E-state index contributed by atoms with van der Waals surface area (Å²) in [6, 6.07) is 14.0. The van der Waals surface area contributed by atoms with Gasteiger partial charge < -0.3 is 15.0 Å². The molecule has 0 aromatic heterocycles. The Labute approximate surface area is 187 Å². The van der Waals surface area contributed by atoms with Gasteiger partial charge in [0.2, 0.25) is 0 Å². The lowest BCUT2D eigenvalue weighted by Gasteiger charge is -2.33. The largest absolute Gasteiger partial charge is 0.452 e. The van der Waals surface area contributed by atoms with Crippen molar-refractivity contribution in [3.05, 3.63) is 59.7 Å². The number of carbonyl (C=O) groups excluding carboxylic acids is 2. The fourth-order valence-electron chi connectivity index (χ4n) is 3.97. The van der Waals surface area contributed by atoms with Crippen LogP contribution in [0.5, 0.6) is 0 Å². The summed E-state index contributed by atoms with van der Waals surface area (Å²) in [5, 5.41) is 2.75. The second kappa shape index (κ2) is 8.74. The van der Waals surface area contributed by atoms with Crippen LogP contribution in [0, 0.1) is 12.8 Å². The zero-order valence-corrected chi connectivity index (χ0v) is 18.8. The van der Waals surface area contributed by atoms with Crippen LogP contribution in [0.15, 0.2) is 57.8 Å². The van der Waals surface area contributed by atoms with E-state index in [0.29, 0.717) is 36.5 Å². The fourth-order valence-corrected chi connectivity index (χ4v) is 5.20. The number of piperidine rings is 1. The summed E-state index contributed by atoms with van der Waals surface area (Å²) >= 11 is 0. The third-order valence-corrected chi connectivity index (χ3v) is 6.94. The van der Waals surface area contributed by atoms with Crippen molar-refractivity contribution < 1.29 is 22.7 Å². The molecule has 2 aliphatic heterocycles. The van der Waals surface area contributed by atoms with E-state index in [2.05, 4.69) is 9.71 Å². The molecule has 9 heteroatoms. The molecule has 0 aliphatic carbocycles. The van der Waals surface area contributed by atoms with Crippen LogP contribution in [0.4, 0.5) is 5.69 Å². The van der Waals surface area contributed by atoms with Gasteiger partial charge in [-0.1, -0.05) is 24.3 Å². The maximum atomic E-state index is 12.8. The second-order valence-electron chi connectivity index (χ2n) is 8.11. The van der Waals surface area contributed by atoms with Crippen molar-refractivity contribution in [2.24, 2.45) is 10.3 Å². The highest BCUT2D eigenvalue weighted by Crippen LogP contribution is 2.30. The van der Waals surface area contributed by atoms with E-state index in [-0.39, 0.29) is 11.4 Å². The second-order valence-corrected chi connectivity index (χ2v) is 9.68. The molecule has 2 aliphatic rings. The van der Waals surface area contributed by atoms with Crippen LogP contribution in [0.1, 0.15) is 30.9 Å². The minimum Gasteiger partial charge on any atom is -0.452 e. The molecule has 0 radical (unpaired) electrons. The number of fused-ring (bicyclic) bond motifs is 1. The maximum absolute atomic E-state index is 12.8. The SMILES string of the molecule is Cc1cccc(NC(=O)C(C)OC(=O)C2CCCN(C3=NS(=O)(=O)c4ccccc43)C2)c1. The highest BCUT2D eigenvalue weighted by atomic mass is 32.2. The van der Waals surface area contributed by atoms with E-state index < -0.39 is 33.9 Å².